The van der Waals surface area contributed by atoms with Crippen molar-refractivity contribution in [3.05, 3.63) is 77.1 Å². The summed E-state index contributed by atoms with van der Waals surface area (Å²) in [5.41, 5.74) is -0.462. The molecule has 0 aromatic heterocycles. The average Bonchev–Trinajstić information content (AvgIpc) is 3.16. The van der Waals surface area contributed by atoms with Gasteiger partial charge in [0.2, 0.25) is 5.91 Å². The molecule has 1 aliphatic heterocycles. The molecule has 7 nitrogen and oxygen atoms in total. The van der Waals surface area contributed by atoms with Gasteiger partial charge in [0.25, 0.3) is 0 Å². The van der Waals surface area contributed by atoms with E-state index in [0.717, 1.165) is 11.0 Å². The largest absolute Gasteiger partial charge is 0.394 e. The minimum Gasteiger partial charge on any atom is -0.394 e. The van der Waals surface area contributed by atoms with Crippen LogP contribution in [0.2, 0.25) is 5.02 Å². The first kappa shape index (κ1) is 27.7. The molecule has 0 aliphatic carbocycles. The quantitative estimate of drug-likeness (QED) is 0.368. The number of aliphatic hydroxyl groups is 1. The Kier molecular flexibility index (Phi) is 7.88. The summed E-state index contributed by atoms with van der Waals surface area (Å²) in [6.45, 7) is 2.46. The third-order valence-electron chi connectivity index (χ3n) is 6.20. The Labute approximate surface area is 222 Å². The molecule has 0 radical (unpaired) electrons. The number of hydrogen-bond acceptors (Lipinski definition) is 4. The molecule has 3 N–H and O–H groups in total. The normalized spacial score (nSPS) is 17.6. The van der Waals surface area contributed by atoms with Gasteiger partial charge in [-0.3, -0.25) is 4.79 Å². The topological polar surface area (TPSA) is 98.7 Å². The highest BCUT2D eigenvalue weighted by atomic mass is 35.5. The number of nitrogens with zero attached hydrogens (tertiary/aromatic N) is 1. The molecule has 1 heterocycles. The lowest BCUT2D eigenvalue weighted by Gasteiger charge is -2.24. The highest BCUT2D eigenvalue weighted by Gasteiger charge is 2.42. The zero-order chi connectivity index (χ0) is 27.8. The molecule has 2 atom stereocenters. The standard InChI is InChI=1S/C26H24ClF3N3O4P/c1-38(2,37)22-6-4-3-5-16(22)17-8-10-21(24(30)23(17)29)33-15(13-34)12-20(25(33)35)32-26(36)31-19-9-7-14(27)11-18(19)28/h3-11,15,20,34H,12-13H2,1-2H3,(H2,31,32,36)/t15-,20-/m0/s1. The Morgan fingerprint density at radius 1 is 1.08 bits per heavy atom. The second-order valence-corrected chi connectivity index (χ2v) is 12.8. The maximum atomic E-state index is 15.4. The van der Waals surface area contributed by atoms with Crippen molar-refractivity contribution < 1.29 is 32.4 Å². The highest BCUT2D eigenvalue weighted by Crippen LogP contribution is 2.41. The average molecular weight is 566 g/mol. The maximum absolute atomic E-state index is 15.4. The highest BCUT2D eigenvalue weighted by molar-refractivity contribution is 7.70. The van der Waals surface area contributed by atoms with E-state index >= 15 is 8.78 Å². The van der Waals surface area contributed by atoms with Gasteiger partial charge in [-0.2, -0.15) is 0 Å². The van der Waals surface area contributed by atoms with Crippen LogP contribution in [-0.4, -0.2) is 49.1 Å². The number of hydrogen-bond donors (Lipinski definition) is 3. The van der Waals surface area contributed by atoms with Crippen molar-refractivity contribution in [1.29, 1.82) is 0 Å². The van der Waals surface area contributed by atoms with Gasteiger partial charge in [0.1, 0.15) is 19.0 Å². The monoisotopic (exact) mass is 565 g/mol. The van der Waals surface area contributed by atoms with Crippen molar-refractivity contribution in [2.75, 3.05) is 30.2 Å². The van der Waals surface area contributed by atoms with E-state index in [4.69, 9.17) is 11.6 Å². The number of urea groups is 1. The predicted molar refractivity (Wildman–Crippen MR) is 141 cm³/mol. The molecule has 4 rings (SSSR count). The number of rotatable bonds is 6. The Morgan fingerprint density at radius 2 is 1.79 bits per heavy atom. The van der Waals surface area contributed by atoms with E-state index < -0.39 is 60.9 Å². The van der Waals surface area contributed by atoms with Gasteiger partial charge in [-0.1, -0.05) is 35.9 Å². The molecule has 0 unspecified atom stereocenters. The smallest absolute Gasteiger partial charge is 0.319 e. The van der Waals surface area contributed by atoms with Gasteiger partial charge in [0.05, 0.1) is 24.0 Å². The number of aliphatic hydroxyl groups excluding tert-OH is 1. The second-order valence-electron chi connectivity index (χ2n) is 9.18. The third-order valence-corrected chi connectivity index (χ3v) is 7.99. The number of halogens is 4. The molecule has 0 bridgehead atoms. The summed E-state index contributed by atoms with van der Waals surface area (Å²) in [5.74, 6) is -4.16. The molecule has 1 saturated heterocycles. The van der Waals surface area contributed by atoms with Crippen LogP contribution in [0.25, 0.3) is 11.1 Å². The lowest BCUT2D eigenvalue weighted by Crippen LogP contribution is -2.44. The fraction of sp³-hybridized carbons (Fsp3) is 0.231. The van der Waals surface area contributed by atoms with E-state index in [1.807, 2.05) is 0 Å². The summed E-state index contributed by atoms with van der Waals surface area (Å²) in [5, 5.41) is 15.0. The van der Waals surface area contributed by atoms with E-state index in [1.54, 1.807) is 18.2 Å². The van der Waals surface area contributed by atoms with E-state index in [9.17, 15) is 23.7 Å². The minimum absolute atomic E-state index is 0.105. The van der Waals surface area contributed by atoms with Crippen molar-refractivity contribution >= 4 is 47.4 Å². The molecule has 3 amide bonds. The Hall–Kier alpha value is -3.33. The molecule has 3 aromatic rings. The van der Waals surface area contributed by atoms with Crippen LogP contribution in [0.5, 0.6) is 0 Å². The summed E-state index contributed by atoms with van der Waals surface area (Å²) in [6.07, 6.45) is -0.105. The molecule has 12 heteroatoms. The Morgan fingerprint density at radius 3 is 2.45 bits per heavy atom. The van der Waals surface area contributed by atoms with Gasteiger partial charge in [0, 0.05) is 15.9 Å². The lowest BCUT2D eigenvalue weighted by atomic mass is 10.0. The molecular formula is C26H24ClF3N3O4P. The predicted octanol–water partition coefficient (Wildman–Crippen LogP) is 4.96. The zero-order valence-electron chi connectivity index (χ0n) is 20.3. The van der Waals surface area contributed by atoms with Gasteiger partial charge in [-0.15, -0.1) is 0 Å². The SMILES string of the molecule is CP(C)(=O)c1ccccc1-c1ccc(N2C(=O)[C@@H](NC(=O)Nc3ccc(Cl)cc3F)C[C@H]2CO)c(F)c1F. The number of carbonyl (C=O) groups is 2. The number of amides is 3. The van der Waals surface area contributed by atoms with Crippen LogP contribution in [0.4, 0.5) is 29.3 Å². The summed E-state index contributed by atoms with van der Waals surface area (Å²) >= 11 is 5.70. The molecular weight excluding hydrogens is 542 g/mol. The minimum atomic E-state index is -2.83. The number of anilines is 2. The molecule has 0 spiro atoms. The summed E-state index contributed by atoms with van der Waals surface area (Å²) in [6, 6.07) is 9.41. The van der Waals surface area contributed by atoms with Crippen LogP contribution in [0.1, 0.15) is 6.42 Å². The fourth-order valence-corrected chi connectivity index (χ4v) is 5.81. The number of nitrogens with one attached hydrogen (secondary N) is 2. The van der Waals surface area contributed by atoms with Crippen molar-refractivity contribution in [2.24, 2.45) is 0 Å². The first-order valence-electron chi connectivity index (χ1n) is 11.5. The van der Waals surface area contributed by atoms with Crippen molar-refractivity contribution in [1.82, 2.24) is 5.32 Å². The van der Waals surface area contributed by atoms with Crippen molar-refractivity contribution in [3.63, 3.8) is 0 Å². The molecule has 38 heavy (non-hydrogen) atoms. The van der Waals surface area contributed by atoms with Crippen LogP contribution in [0.15, 0.2) is 54.6 Å². The number of benzene rings is 3. The van der Waals surface area contributed by atoms with Crippen LogP contribution >= 0.6 is 18.7 Å². The fourth-order valence-electron chi connectivity index (χ4n) is 4.43. The van der Waals surface area contributed by atoms with Crippen LogP contribution in [0, 0.1) is 17.5 Å². The first-order chi connectivity index (χ1) is 17.9. The van der Waals surface area contributed by atoms with Gasteiger partial charge in [-0.25, -0.2) is 18.0 Å². The van der Waals surface area contributed by atoms with Gasteiger partial charge in [0.15, 0.2) is 11.6 Å². The van der Waals surface area contributed by atoms with Crippen LogP contribution in [-0.2, 0) is 9.36 Å². The zero-order valence-corrected chi connectivity index (χ0v) is 22.0. The molecule has 3 aromatic carbocycles. The summed E-state index contributed by atoms with van der Waals surface area (Å²) < 4.78 is 57.5. The van der Waals surface area contributed by atoms with E-state index in [0.29, 0.717) is 5.30 Å². The lowest BCUT2D eigenvalue weighted by molar-refractivity contribution is -0.118. The second kappa shape index (κ2) is 10.8. The maximum Gasteiger partial charge on any atom is 0.319 e. The van der Waals surface area contributed by atoms with Gasteiger partial charge >= 0.3 is 6.03 Å². The summed E-state index contributed by atoms with van der Waals surface area (Å²) in [4.78, 5) is 26.4. The molecule has 1 aliphatic rings. The van der Waals surface area contributed by atoms with Gasteiger partial charge < -0.3 is 25.2 Å². The number of carbonyl (C=O) groups excluding carboxylic acids is 2. The van der Waals surface area contributed by atoms with E-state index in [2.05, 4.69) is 10.6 Å². The van der Waals surface area contributed by atoms with Crippen molar-refractivity contribution in [2.45, 2.75) is 18.5 Å². The first-order valence-corrected chi connectivity index (χ1v) is 14.5. The van der Waals surface area contributed by atoms with Crippen LogP contribution in [0.3, 0.4) is 0 Å². The van der Waals surface area contributed by atoms with Crippen molar-refractivity contribution in [3.8, 4) is 11.1 Å². The van der Waals surface area contributed by atoms with E-state index in [-0.39, 0.29) is 28.3 Å². The molecule has 0 saturated carbocycles. The van der Waals surface area contributed by atoms with E-state index in [1.165, 1.54) is 43.7 Å². The molecule has 200 valence electrons. The van der Waals surface area contributed by atoms with Gasteiger partial charge in [-0.05, 0) is 55.6 Å². The Balaban J connectivity index is 1.60. The molecule has 1 fully saturated rings. The Bertz CT molecular complexity index is 1470. The third kappa shape index (κ3) is 5.43. The van der Waals surface area contributed by atoms with Crippen LogP contribution < -0.4 is 20.8 Å². The summed E-state index contributed by atoms with van der Waals surface area (Å²) in [7, 11) is -2.83.